The Balaban J connectivity index is 0.00000400. The third-order valence-electron chi connectivity index (χ3n) is 2.34. The maximum atomic E-state index is 13.3. The Kier molecular flexibility index (Phi) is 6.50. The van der Waals surface area contributed by atoms with E-state index in [9.17, 15) is 31.1 Å². The minimum Gasteiger partial charge on any atom is -0.346 e. The predicted molar refractivity (Wildman–Crippen MR) is 65.0 cm³/mol. The molecule has 0 radical (unpaired) electrons. The first-order chi connectivity index (χ1) is 9.07. The fraction of sp³-hybridized carbons (Fsp3) is 0.364. The first-order valence-corrected chi connectivity index (χ1v) is 5.29. The lowest BCUT2D eigenvalue weighted by atomic mass is 10.1. The summed E-state index contributed by atoms with van der Waals surface area (Å²) in [5, 5.41) is 1.63. The van der Waals surface area contributed by atoms with Gasteiger partial charge in [0.15, 0.2) is 0 Å². The van der Waals surface area contributed by atoms with Crippen molar-refractivity contribution in [2.45, 2.75) is 12.1 Å². The maximum Gasteiger partial charge on any atom is 0.416 e. The van der Waals surface area contributed by atoms with E-state index in [-0.39, 0.29) is 18.5 Å². The minimum atomic E-state index is -4.77. The summed E-state index contributed by atoms with van der Waals surface area (Å²) in [5.74, 6) is -6.04. The second kappa shape index (κ2) is 6.99. The van der Waals surface area contributed by atoms with Crippen molar-refractivity contribution in [3.05, 3.63) is 35.1 Å². The van der Waals surface area contributed by atoms with Gasteiger partial charge in [-0.05, 0) is 18.2 Å². The second-order valence-electron chi connectivity index (χ2n) is 3.94. The van der Waals surface area contributed by atoms with Gasteiger partial charge in [-0.3, -0.25) is 4.79 Å². The molecule has 0 unspecified atom stereocenters. The molecule has 0 bridgehead atoms. The van der Waals surface area contributed by atoms with E-state index in [0.717, 1.165) is 0 Å². The lowest BCUT2D eigenvalue weighted by Crippen LogP contribution is -2.41. The molecule has 0 saturated heterocycles. The van der Waals surface area contributed by atoms with Crippen LogP contribution < -0.4 is 11.1 Å². The van der Waals surface area contributed by atoms with Crippen molar-refractivity contribution in [3.63, 3.8) is 0 Å². The summed E-state index contributed by atoms with van der Waals surface area (Å²) in [6, 6.07) is 1.14. The van der Waals surface area contributed by atoms with Crippen molar-refractivity contribution >= 4 is 18.3 Å². The highest BCUT2D eigenvalue weighted by Crippen LogP contribution is 2.30. The van der Waals surface area contributed by atoms with Crippen LogP contribution in [0.2, 0.25) is 0 Å². The standard InChI is InChI=1S/C11H10F6N2O.ClH/c12-8-2-1-6(11(15,16)17)3-7(8)9(20)19-5-10(13,14)4-18;/h1-3H,4-5,18H2,(H,19,20);1H. The normalized spacial score (nSPS) is 11.8. The van der Waals surface area contributed by atoms with E-state index in [0.29, 0.717) is 12.1 Å². The molecule has 21 heavy (non-hydrogen) atoms. The highest BCUT2D eigenvalue weighted by molar-refractivity contribution is 5.94. The minimum absolute atomic E-state index is 0. The van der Waals surface area contributed by atoms with Crippen molar-refractivity contribution in [3.8, 4) is 0 Å². The Labute approximate surface area is 121 Å². The highest BCUT2D eigenvalue weighted by atomic mass is 35.5. The average molecular weight is 337 g/mol. The van der Waals surface area contributed by atoms with Crippen molar-refractivity contribution < 1.29 is 31.1 Å². The van der Waals surface area contributed by atoms with E-state index in [2.05, 4.69) is 0 Å². The van der Waals surface area contributed by atoms with E-state index in [1.165, 1.54) is 0 Å². The van der Waals surface area contributed by atoms with Gasteiger partial charge in [0.25, 0.3) is 11.8 Å². The molecular weight excluding hydrogens is 326 g/mol. The van der Waals surface area contributed by atoms with Crippen LogP contribution in [0.15, 0.2) is 18.2 Å². The molecule has 10 heteroatoms. The molecule has 0 heterocycles. The van der Waals surface area contributed by atoms with Crippen LogP contribution in [0, 0.1) is 5.82 Å². The molecule has 0 saturated carbocycles. The van der Waals surface area contributed by atoms with E-state index < -0.39 is 48.0 Å². The van der Waals surface area contributed by atoms with E-state index in [1.807, 2.05) is 0 Å². The van der Waals surface area contributed by atoms with Crippen LogP contribution in [0.3, 0.4) is 0 Å². The molecule has 0 atom stereocenters. The summed E-state index contributed by atoms with van der Waals surface area (Å²) in [4.78, 5) is 11.4. The number of alkyl halides is 5. The summed E-state index contributed by atoms with van der Waals surface area (Å²) in [6.07, 6.45) is -4.77. The number of halogens is 7. The summed E-state index contributed by atoms with van der Waals surface area (Å²) in [6.45, 7) is -2.25. The average Bonchev–Trinajstić information content (AvgIpc) is 2.35. The zero-order chi connectivity index (χ0) is 15.6. The molecule has 0 aliphatic carbocycles. The number of nitrogens with two attached hydrogens (primary N) is 1. The van der Waals surface area contributed by atoms with Crippen LogP contribution in [-0.2, 0) is 6.18 Å². The maximum absolute atomic E-state index is 13.3. The topological polar surface area (TPSA) is 55.1 Å². The van der Waals surface area contributed by atoms with Gasteiger partial charge in [-0.2, -0.15) is 13.2 Å². The van der Waals surface area contributed by atoms with Crippen molar-refractivity contribution in [2.75, 3.05) is 13.1 Å². The van der Waals surface area contributed by atoms with Crippen molar-refractivity contribution in [1.82, 2.24) is 5.32 Å². The molecule has 0 fully saturated rings. The third-order valence-corrected chi connectivity index (χ3v) is 2.34. The van der Waals surface area contributed by atoms with E-state index in [1.54, 1.807) is 5.32 Å². The summed E-state index contributed by atoms with van der Waals surface area (Å²) < 4.78 is 76.0. The zero-order valence-corrected chi connectivity index (χ0v) is 11.1. The van der Waals surface area contributed by atoms with Crippen LogP contribution in [0.1, 0.15) is 15.9 Å². The van der Waals surface area contributed by atoms with Crippen LogP contribution in [0.25, 0.3) is 0 Å². The third kappa shape index (κ3) is 5.43. The SMILES string of the molecule is Cl.NCC(F)(F)CNC(=O)c1cc(C(F)(F)F)ccc1F. The first kappa shape index (κ1) is 19.5. The van der Waals surface area contributed by atoms with Gasteiger partial charge in [-0.25, -0.2) is 13.2 Å². The molecule has 0 spiro atoms. The number of benzene rings is 1. The quantitative estimate of drug-likeness (QED) is 0.830. The molecule has 0 aromatic heterocycles. The number of amides is 1. The molecule has 3 nitrogen and oxygen atoms in total. The van der Waals surface area contributed by atoms with Crippen molar-refractivity contribution in [2.24, 2.45) is 5.73 Å². The Morgan fingerprint density at radius 3 is 2.24 bits per heavy atom. The number of hydrogen-bond acceptors (Lipinski definition) is 2. The molecule has 3 N–H and O–H groups in total. The van der Waals surface area contributed by atoms with Crippen LogP contribution in [0.4, 0.5) is 26.3 Å². The smallest absolute Gasteiger partial charge is 0.346 e. The summed E-state index contributed by atoms with van der Waals surface area (Å²) in [7, 11) is 0. The lowest BCUT2D eigenvalue weighted by molar-refractivity contribution is -0.137. The molecule has 0 aliphatic heterocycles. The molecular formula is C11H11ClF6N2O. The van der Waals surface area contributed by atoms with Gasteiger partial charge in [0.1, 0.15) is 5.82 Å². The van der Waals surface area contributed by atoms with E-state index in [4.69, 9.17) is 5.73 Å². The predicted octanol–water partition coefficient (Wildman–Crippen LogP) is 2.59. The largest absolute Gasteiger partial charge is 0.416 e. The number of carbonyl (C=O) groups is 1. The molecule has 1 aromatic carbocycles. The molecule has 120 valence electrons. The fourth-order valence-corrected chi connectivity index (χ4v) is 1.25. The highest BCUT2D eigenvalue weighted by Gasteiger charge is 2.32. The molecule has 0 aliphatic rings. The van der Waals surface area contributed by atoms with Gasteiger partial charge in [-0.15, -0.1) is 12.4 Å². The van der Waals surface area contributed by atoms with Gasteiger partial charge in [-0.1, -0.05) is 0 Å². The molecule has 1 amide bonds. The van der Waals surface area contributed by atoms with Gasteiger partial charge >= 0.3 is 6.18 Å². The fourth-order valence-electron chi connectivity index (χ4n) is 1.25. The van der Waals surface area contributed by atoms with E-state index >= 15 is 0 Å². The van der Waals surface area contributed by atoms with Gasteiger partial charge < -0.3 is 11.1 Å². The molecule has 1 aromatic rings. The lowest BCUT2D eigenvalue weighted by Gasteiger charge is -2.15. The second-order valence-corrected chi connectivity index (χ2v) is 3.94. The first-order valence-electron chi connectivity index (χ1n) is 5.29. The van der Waals surface area contributed by atoms with Gasteiger partial charge in [0.2, 0.25) is 0 Å². The number of hydrogen-bond donors (Lipinski definition) is 2. The van der Waals surface area contributed by atoms with Gasteiger partial charge in [0, 0.05) is 0 Å². The Morgan fingerprint density at radius 1 is 1.19 bits per heavy atom. The number of rotatable bonds is 4. The van der Waals surface area contributed by atoms with Crippen LogP contribution >= 0.6 is 12.4 Å². The summed E-state index contributed by atoms with van der Waals surface area (Å²) >= 11 is 0. The zero-order valence-electron chi connectivity index (χ0n) is 10.3. The van der Waals surface area contributed by atoms with Crippen LogP contribution in [-0.4, -0.2) is 24.9 Å². The Hall–Kier alpha value is -1.48. The Morgan fingerprint density at radius 2 is 1.76 bits per heavy atom. The van der Waals surface area contributed by atoms with Crippen molar-refractivity contribution in [1.29, 1.82) is 0 Å². The van der Waals surface area contributed by atoms with Crippen LogP contribution in [0.5, 0.6) is 0 Å². The summed E-state index contributed by atoms with van der Waals surface area (Å²) in [5.41, 5.74) is 2.50. The van der Waals surface area contributed by atoms with Gasteiger partial charge in [0.05, 0.1) is 24.2 Å². The monoisotopic (exact) mass is 336 g/mol. The molecule has 1 rings (SSSR count). The Bertz CT molecular complexity index is 506. The number of carbonyl (C=O) groups excluding carboxylic acids is 1. The number of nitrogens with one attached hydrogen (secondary N) is 1.